The number of anilines is 1. The monoisotopic (exact) mass is 302 g/mol. The Morgan fingerprint density at radius 1 is 1.18 bits per heavy atom. The average molecular weight is 302 g/mol. The molecule has 0 aliphatic rings. The second-order valence-electron chi connectivity index (χ2n) is 4.89. The van der Waals surface area contributed by atoms with Crippen molar-refractivity contribution in [2.45, 2.75) is 12.8 Å². The van der Waals surface area contributed by atoms with Gasteiger partial charge in [0.2, 0.25) is 0 Å². The number of carboxylic acids is 1. The zero-order valence-electron chi connectivity index (χ0n) is 12.0. The molecule has 116 valence electrons. The van der Waals surface area contributed by atoms with E-state index in [9.17, 15) is 15.1 Å². The summed E-state index contributed by atoms with van der Waals surface area (Å²) in [6.45, 7) is 0.613. The first-order valence-electron chi connectivity index (χ1n) is 6.96. The summed E-state index contributed by atoms with van der Waals surface area (Å²) in [5, 5.41) is 30.9. The molecular weight excluding hydrogens is 284 g/mol. The van der Waals surface area contributed by atoms with Gasteiger partial charge in [0.25, 0.3) is 0 Å². The maximum Gasteiger partial charge on any atom is 0.338 e. The average Bonchev–Trinajstić information content (AvgIpc) is 2.52. The highest BCUT2D eigenvalue weighted by molar-refractivity contribution is 5.95. The fourth-order valence-corrected chi connectivity index (χ4v) is 2.17. The molecular formula is C16H18N2O4. The zero-order valence-corrected chi connectivity index (χ0v) is 12.0. The fraction of sp³-hybridized carbons (Fsp3) is 0.188. The Kier molecular flexibility index (Phi) is 5.48. The number of carbonyl (C=O) groups is 1. The third-order valence-corrected chi connectivity index (χ3v) is 3.30. The van der Waals surface area contributed by atoms with Crippen LogP contribution in [0.4, 0.5) is 11.4 Å². The Hall–Kier alpha value is -2.41. The molecule has 0 amide bonds. The van der Waals surface area contributed by atoms with Crippen molar-refractivity contribution in [3.63, 3.8) is 0 Å². The number of carboxylic acid groups (broad SMARTS) is 1. The molecule has 0 saturated carbocycles. The number of rotatable bonds is 7. The normalized spacial score (nSPS) is 11.9. The smallest absolute Gasteiger partial charge is 0.338 e. The molecule has 4 N–H and O–H groups in total. The van der Waals surface area contributed by atoms with Crippen molar-refractivity contribution >= 4 is 17.3 Å². The molecule has 0 fully saturated rings. The first kappa shape index (κ1) is 16.0. The summed E-state index contributed by atoms with van der Waals surface area (Å²) in [4.78, 5) is 11.2. The van der Waals surface area contributed by atoms with Gasteiger partial charge in [-0.2, -0.15) is 5.23 Å². The molecule has 1 unspecified atom stereocenters. The highest BCUT2D eigenvalue weighted by atomic mass is 16.8. The molecule has 0 aromatic heterocycles. The molecule has 0 bridgehead atoms. The first-order chi connectivity index (χ1) is 10.6. The molecule has 2 rings (SSSR count). The lowest BCUT2D eigenvalue weighted by molar-refractivity contribution is -0.991. The van der Waals surface area contributed by atoms with Gasteiger partial charge < -0.3 is 15.6 Å². The van der Waals surface area contributed by atoms with Crippen molar-refractivity contribution < 1.29 is 20.3 Å². The van der Waals surface area contributed by atoms with Crippen molar-refractivity contribution in [3.8, 4) is 0 Å². The molecule has 0 radical (unpaired) electrons. The minimum atomic E-state index is -1.14. The molecule has 2 aromatic carbocycles. The van der Waals surface area contributed by atoms with Crippen LogP contribution in [0.3, 0.4) is 0 Å². The van der Waals surface area contributed by atoms with E-state index >= 15 is 0 Å². The van der Waals surface area contributed by atoms with Gasteiger partial charge in [-0.1, -0.05) is 30.3 Å². The molecule has 0 spiro atoms. The van der Waals surface area contributed by atoms with E-state index in [4.69, 9.17) is 5.21 Å². The molecule has 22 heavy (non-hydrogen) atoms. The van der Waals surface area contributed by atoms with Gasteiger partial charge >= 0.3 is 5.97 Å². The van der Waals surface area contributed by atoms with Crippen molar-refractivity contribution in [1.29, 1.82) is 0 Å². The second kappa shape index (κ2) is 7.56. The Labute approximate surface area is 128 Å². The van der Waals surface area contributed by atoms with E-state index in [1.54, 1.807) is 0 Å². The lowest BCUT2D eigenvalue weighted by Gasteiger charge is -2.14. The van der Waals surface area contributed by atoms with Crippen LogP contribution in [-0.4, -0.2) is 22.8 Å². The highest BCUT2D eigenvalue weighted by Gasteiger charge is 2.13. The summed E-state index contributed by atoms with van der Waals surface area (Å²) in [5.41, 5.74) is 1.60. The molecule has 6 heteroatoms. The van der Waals surface area contributed by atoms with Gasteiger partial charge in [0.05, 0.1) is 5.56 Å². The second-order valence-corrected chi connectivity index (χ2v) is 4.89. The van der Waals surface area contributed by atoms with Crippen molar-refractivity contribution in [1.82, 2.24) is 0 Å². The van der Waals surface area contributed by atoms with E-state index in [-0.39, 0.29) is 11.3 Å². The summed E-state index contributed by atoms with van der Waals surface area (Å²) in [6.07, 6.45) is 1.74. The number of quaternary nitrogens is 1. The van der Waals surface area contributed by atoms with E-state index in [1.165, 1.54) is 23.8 Å². The van der Waals surface area contributed by atoms with Crippen LogP contribution in [0.25, 0.3) is 0 Å². The van der Waals surface area contributed by atoms with E-state index in [0.717, 1.165) is 12.8 Å². The lowest BCUT2D eigenvalue weighted by Crippen LogP contribution is -2.99. The van der Waals surface area contributed by atoms with Gasteiger partial charge in [-0.3, -0.25) is 0 Å². The summed E-state index contributed by atoms with van der Waals surface area (Å²) < 4.78 is 0. The molecule has 1 atom stereocenters. The van der Waals surface area contributed by atoms with Crippen LogP contribution in [0, 0.1) is 5.21 Å². The van der Waals surface area contributed by atoms with Crippen molar-refractivity contribution in [2.24, 2.45) is 0 Å². The Balaban J connectivity index is 1.96. The fourth-order valence-electron chi connectivity index (χ4n) is 2.17. The number of hydrogen-bond acceptors (Lipinski definition) is 4. The summed E-state index contributed by atoms with van der Waals surface area (Å²) in [7, 11) is 0. The van der Waals surface area contributed by atoms with Gasteiger partial charge in [0.1, 0.15) is 0 Å². The van der Waals surface area contributed by atoms with Crippen LogP contribution in [-0.2, 0) is 6.42 Å². The maximum atomic E-state index is 11.2. The van der Waals surface area contributed by atoms with E-state index in [0.29, 0.717) is 12.2 Å². The Morgan fingerprint density at radius 2 is 1.91 bits per heavy atom. The topological polar surface area (TPSA) is 97.1 Å². The lowest BCUT2D eigenvalue weighted by atomic mass is 10.1. The first-order valence-corrected chi connectivity index (χ1v) is 6.96. The van der Waals surface area contributed by atoms with Crippen molar-refractivity contribution in [3.05, 3.63) is 64.9 Å². The largest absolute Gasteiger partial charge is 0.595 e. The van der Waals surface area contributed by atoms with Crippen LogP contribution in [0.1, 0.15) is 22.3 Å². The number of hydrogen-bond donors (Lipinski definition) is 4. The van der Waals surface area contributed by atoms with Crippen molar-refractivity contribution in [2.75, 3.05) is 11.9 Å². The van der Waals surface area contributed by atoms with Crippen LogP contribution < -0.4 is 10.5 Å². The van der Waals surface area contributed by atoms with Gasteiger partial charge in [0.15, 0.2) is 5.69 Å². The minimum absolute atomic E-state index is 0.0281. The van der Waals surface area contributed by atoms with Gasteiger partial charge in [0, 0.05) is 24.4 Å². The van der Waals surface area contributed by atoms with E-state index in [2.05, 4.69) is 5.32 Å². The van der Waals surface area contributed by atoms with Crippen LogP contribution >= 0.6 is 0 Å². The van der Waals surface area contributed by atoms with E-state index in [1.807, 2.05) is 30.3 Å². The number of aryl methyl sites for hydroxylation is 1. The number of benzene rings is 2. The quantitative estimate of drug-likeness (QED) is 0.462. The molecule has 0 aliphatic carbocycles. The molecule has 6 nitrogen and oxygen atoms in total. The Morgan fingerprint density at radius 3 is 2.55 bits per heavy atom. The number of aromatic carboxylic acids is 1. The van der Waals surface area contributed by atoms with Crippen LogP contribution in [0.2, 0.25) is 0 Å². The summed E-state index contributed by atoms with van der Waals surface area (Å²) >= 11 is 0. The summed E-state index contributed by atoms with van der Waals surface area (Å²) in [6, 6.07) is 14.1. The predicted molar refractivity (Wildman–Crippen MR) is 82.4 cm³/mol. The van der Waals surface area contributed by atoms with Gasteiger partial charge in [-0.15, -0.1) is 0 Å². The SMILES string of the molecule is O=C(O)c1cc([NH+]([O-])O)ccc1NCCCc1ccccc1. The molecule has 2 aromatic rings. The third-order valence-electron chi connectivity index (χ3n) is 3.30. The molecule has 0 heterocycles. The molecule has 0 saturated heterocycles. The van der Waals surface area contributed by atoms with Gasteiger partial charge in [-0.05, 0) is 24.5 Å². The standard InChI is InChI=1S/C16H18N2O4/c19-16(20)14-11-13(18(21)22)8-9-15(14)17-10-4-7-12-5-2-1-3-6-12/h1-3,5-6,8-9,11,17-18,21H,4,7,10H2,(H,19,20). The number of nitrogens with one attached hydrogen (secondary N) is 2. The zero-order chi connectivity index (χ0) is 15.9. The molecule has 0 aliphatic heterocycles. The van der Waals surface area contributed by atoms with E-state index < -0.39 is 11.2 Å². The minimum Gasteiger partial charge on any atom is -0.595 e. The van der Waals surface area contributed by atoms with Crippen LogP contribution in [0.15, 0.2) is 48.5 Å². The highest BCUT2D eigenvalue weighted by Crippen LogP contribution is 2.19. The van der Waals surface area contributed by atoms with Gasteiger partial charge in [-0.25, -0.2) is 10.0 Å². The van der Waals surface area contributed by atoms with Crippen LogP contribution in [0.5, 0.6) is 0 Å². The predicted octanol–water partition coefficient (Wildman–Crippen LogP) is 1.83. The Bertz CT molecular complexity index is 629. The maximum absolute atomic E-state index is 11.2. The third kappa shape index (κ3) is 4.29. The summed E-state index contributed by atoms with van der Waals surface area (Å²) in [5.74, 6) is -1.14.